The van der Waals surface area contributed by atoms with E-state index < -0.39 is 24.1 Å². The molecule has 26 heavy (non-hydrogen) atoms. The molecule has 2 aliphatic rings. The van der Waals surface area contributed by atoms with Gasteiger partial charge in [0, 0.05) is 31.3 Å². The van der Waals surface area contributed by atoms with Gasteiger partial charge in [0.05, 0.1) is 13.7 Å². The number of hydrogen-bond acceptors (Lipinski definition) is 3. The number of rotatable bonds is 3. The Kier molecular flexibility index (Phi) is 5.58. The zero-order valence-corrected chi connectivity index (χ0v) is 14.7. The normalized spacial score (nSPS) is 23.0. The van der Waals surface area contributed by atoms with E-state index >= 15 is 0 Å². The Hall–Kier alpha value is -2.38. The van der Waals surface area contributed by atoms with Crippen LogP contribution in [0.3, 0.4) is 0 Å². The molecule has 0 spiro atoms. The summed E-state index contributed by atoms with van der Waals surface area (Å²) in [7, 11) is 1.35. The molecule has 2 aliphatic heterocycles. The van der Waals surface area contributed by atoms with Gasteiger partial charge < -0.3 is 19.9 Å². The number of alkyl halides is 1. The smallest absolute Gasteiger partial charge is 0.322 e. The van der Waals surface area contributed by atoms with Gasteiger partial charge in [-0.3, -0.25) is 4.79 Å². The molecule has 1 N–H and O–H groups in total. The van der Waals surface area contributed by atoms with Gasteiger partial charge in [0.1, 0.15) is 12.2 Å². The van der Waals surface area contributed by atoms with Crippen molar-refractivity contribution in [2.75, 3.05) is 32.1 Å². The molecule has 2 fully saturated rings. The van der Waals surface area contributed by atoms with E-state index in [1.807, 2.05) is 0 Å². The van der Waals surface area contributed by atoms with Gasteiger partial charge in [0.25, 0.3) is 0 Å². The van der Waals surface area contributed by atoms with E-state index in [-0.39, 0.29) is 30.3 Å². The first-order valence-corrected chi connectivity index (χ1v) is 8.83. The number of carbonyl (C=O) groups is 2. The zero-order chi connectivity index (χ0) is 18.7. The number of piperidine rings is 1. The van der Waals surface area contributed by atoms with E-state index in [9.17, 15) is 18.4 Å². The molecule has 0 aliphatic carbocycles. The van der Waals surface area contributed by atoms with Crippen LogP contribution in [0, 0.1) is 5.82 Å². The number of urea groups is 1. The Labute approximate surface area is 151 Å². The van der Waals surface area contributed by atoms with Gasteiger partial charge in [-0.2, -0.15) is 0 Å². The maximum Gasteiger partial charge on any atom is 0.322 e. The molecule has 0 radical (unpaired) electrons. The first kappa shape index (κ1) is 18.4. The zero-order valence-electron chi connectivity index (χ0n) is 14.7. The fourth-order valence-corrected chi connectivity index (χ4v) is 3.51. The highest BCUT2D eigenvalue weighted by atomic mass is 19.1. The van der Waals surface area contributed by atoms with Crippen LogP contribution in [0.2, 0.25) is 0 Å². The van der Waals surface area contributed by atoms with Crippen molar-refractivity contribution in [3.05, 3.63) is 24.0 Å². The van der Waals surface area contributed by atoms with Gasteiger partial charge in [-0.25, -0.2) is 13.6 Å². The van der Waals surface area contributed by atoms with Crippen molar-refractivity contribution in [1.82, 2.24) is 9.80 Å². The molecular formula is C18H23F2N3O3. The second kappa shape index (κ2) is 7.88. The summed E-state index contributed by atoms with van der Waals surface area (Å²) in [6.45, 7) is 1.14. The summed E-state index contributed by atoms with van der Waals surface area (Å²) < 4.78 is 32.6. The molecule has 1 aromatic carbocycles. The molecule has 2 unspecified atom stereocenters. The van der Waals surface area contributed by atoms with E-state index in [1.165, 1.54) is 24.1 Å². The fraction of sp³-hybridized carbons (Fsp3) is 0.556. The van der Waals surface area contributed by atoms with Crippen molar-refractivity contribution in [3.63, 3.8) is 0 Å². The minimum atomic E-state index is -1.24. The van der Waals surface area contributed by atoms with E-state index in [1.54, 1.807) is 4.90 Å². The quantitative estimate of drug-likeness (QED) is 0.894. The van der Waals surface area contributed by atoms with Crippen molar-refractivity contribution in [1.29, 1.82) is 0 Å². The van der Waals surface area contributed by atoms with Crippen molar-refractivity contribution >= 4 is 17.6 Å². The molecule has 3 rings (SSSR count). The van der Waals surface area contributed by atoms with Crippen LogP contribution in [0.15, 0.2) is 18.2 Å². The summed E-state index contributed by atoms with van der Waals surface area (Å²) in [5.41, 5.74) is 0.222. The molecule has 2 saturated heterocycles. The van der Waals surface area contributed by atoms with E-state index in [0.29, 0.717) is 13.1 Å². The molecule has 8 heteroatoms. The second-order valence-electron chi connectivity index (χ2n) is 6.67. The lowest BCUT2D eigenvalue weighted by molar-refractivity contribution is -0.136. The van der Waals surface area contributed by atoms with Crippen LogP contribution in [-0.4, -0.2) is 60.7 Å². The minimum absolute atomic E-state index is 0.000271. The number of hydrogen-bond donors (Lipinski definition) is 1. The number of benzene rings is 1. The van der Waals surface area contributed by atoms with Gasteiger partial charge in [0.15, 0.2) is 11.6 Å². The maximum atomic E-state index is 13.9. The number of carbonyl (C=O) groups excluding carboxylic acids is 2. The number of amides is 3. The topological polar surface area (TPSA) is 61.9 Å². The summed E-state index contributed by atoms with van der Waals surface area (Å²) >= 11 is 0. The third-order valence-electron chi connectivity index (χ3n) is 4.87. The first-order chi connectivity index (χ1) is 12.5. The second-order valence-corrected chi connectivity index (χ2v) is 6.67. The van der Waals surface area contributed by atoms with Gasteiger partial charge in [-0.15, -0.1) is 0 Å². The van der Waals surface area contributed by atoms with Crippen LogP contribution in [0.1, 0.15) is 25.7 Å². The van der Waals surface area contributed by atoms with E-state index in [0.717, 1.165) is 25.3 Å². The molecule has 2 heterocycles. The van der Waals surface area contributed by atoms with Gasteiger partial charge in [-0.1, -0.05) is 0 Å². The summed E-state index contributed by atoms with van der Waals surface area (Å²) in [6.07, 6.45) is 1.68. The average molecular weight is 367 g/mol. The van der Waals surface area contributed by atoms with Crippen LogP contribution in [0.25, 0.3) is 0 Å². The molecule has 2 atom stereocenters. The SMILES string of the molecule is COc1ccc(NC(=O)N2CC(F)CC2C(=O)N2CCCCC2)cc1F. The Bertz CT molecular complexity index is 680. The largest absolute Gasteiger partial charge is 0.494 e. The maximum absolute atomic E-state index is 13.9. The van der Waals surface area contributed by atoms with E-state index in [2.05, 4.69) is 5.32 Å². The number of ether oxygens (including phenoxy) is 1. The summed E-state index contributed by atoms with van der Waals surface area (Å²) in [4.78, 5) is 28.2. The number of nitrogens with zero attached hydrogens (tertiary/aromatic N) is 2. The molecule has 6 nitrogen and oxygen atoms in total. The number of anilines is 1. The highest BCUT2D eigenvalue weighted by molar-refractivity contribution is 5.94. The molecule has 0 saturated carbocycles. The molecule has 0 bridgehead atoms. The predicted octanol–water partition coefficient (Wildman–Crippen LogP) is 2.79. The fourth-order valence-electron chi connectivity index (χ4n) is 3.51. The van der Waals surface area contributed by atoms with Crippen molar-refractivity contribution in [2.24, 2.45) is 0 Å². The predicted molar refractivity (Wildman–Crippen MR) is 92.4 cm³/mol. The molecule has 1 aromatic rings. The average Bonchev–Trinajstić information content (AvgIpc) is 3.04. The lowest BCUT2D eigenvalue weighted by Crippen LogP contribution is -2.50. The van der Waals surface area contributed by atoms with Crippen LogP contribution in [0.5, 0.6) is 5.75 Å². The third kappa shape index (κ3) is 3.89. The summed E-state index contributed by atoms with van der Waals surface area (Å²) in [5.74, 6) is -0.761. The Morgan fingerprint density at radius 1 is 1.23 bits per heavy atom. The summed E-state index contributed by atoms with van der Waals surface area (Å²) in [6, 6.07) is 2.59. The van der Waals surface area contributed by atoms with Crippen molar-refractivity contribution in [3.8, 4) is 5.75 Å². The van der Waals surface area contributed by atoms with Crippen molar-refractivity contribution in [2.45, 2.75) is 37.9 Å². The van der Waals surface area contributed by atoms with Crippen LogP contribution in [0.4, 0.5) is 19.3 Å². The molecule has 142 valence electrons. The molecule has 3 amide bonds. The Balaban J connectivity index is 1.70. The van der Waals surface area contributed by atoms with Gasteiger partial charge in [0.2, 0.25) is 5.91 Å². The minimum Gasteiger partial charge on any atom is -0.494 e. The Morgan fingerprint density at radius 3 is 2.62 bits per heavy atom. The monoisotopic (exact) mass is 367 g/mol. The first-order valence-electron chi connectivity index (χ1n) is 8.83. The lowest BCUT2D eigenvalue weighted by Gasteiger charge is -2.32. The van der Waals surface area contributed by atoms with Crippen LogP contribution < -0.4 is 10.1 Å². The van der Waals surface area contributed by atoms with Crippen LogP contribution >= 0.6 is 0 Å². The Morgan fingerprint density at radius 2 is 1.96 bits per heavy atom. The lowest BCUT2D eigenvalue weighted by atomic mass is 10.1. The highest BCUT2D eigenvalue weighted by Gasteiger charge is 2.41. The standard InChI is InChI=1S/C18H23F2N3O3/c1-26-16-6-5-13(10-14(16)20)21-18(25)23-11-12(19)9-15(23)17(24)22-7-3-2-4-8-22/h5-6,10,12,15H,2-4,7-9,11H2,1H3,(H,21,25). The number of likely N-dealkylation sites (tertiary alicyclic amines) is 2. The summed E-state index contributed by atoms with van der Waals surface area (Å²) in [5, 5.41) is 2.54. The number of methoxy groups -OCH3 is 1. The molecular weight excluding hydrogens is 344 g/mol. The highest BCUT2D eigenvalue weighted by Crippen LogP contribution is 2.26. The van der Waals surface area contributed by atoms with Gasteiger partial charge in [-0.05, 0) is 31.4 Å². The number of halogens is 2. The number of nitrogens with one attached hydrogen (secondary N) is 1. The van der Waals surface area contributed by atoms with Crippen molar-refractivity contribution < 1.29 is 23.1 Å². The molecule has 0 aromatic heterocycles. The van der Waals surface area contributed by atoms with Gasteiger partial charge >= 0.3 is 6.03 Å². The third-order valence-corrected chi connectivity index (χ3v) is 4.87. The van der Waals surface area contributed by atoms with E-state index in [4.69, 9.17) is 4.74 Å². The van der Waals surface area contributed by atoms with Crippen LogP contribution in [-0.2, 0) is 4.79 Å².